The van der Waals surface area contributed by atoms with Crippen LogP contribution in [0.25, 0.3) is 0 Å². The first-order valence-corrected chi connectivity index (χ1v) is 7.95. The molecule has 2 rings (SSSR count). The van der Waals surface area contributed by atoms with Crippen LogP contribution in [0.4, 0.5) is 5.69 Å². The van der Waals surface area contributed by atoms with Gasteiger partial charge in [0.2, 0.25) is 0 Å². The normalized spacial score (nSPS) is 10.4. The van der Waals surface area contributed by atoms with Gasteiger partial charge >= 0.3 is 0 Å². The summed E-state index contributed by atoms with van der Waals surface area (Å²) in [5, 5.41) is 10.9. The van der Waals surface area contributed by atoms with E-state index >= 15 is 0 Å². The Balaban J connectivity index is 2.14. The van der Waals surface area contributed by atoms with Crippen LogP contribution >= 0.6 is 43.6 Å². The average molecular weight is 403 g/mol. The van der Waals surface area contributed by atoms with Crippen molar-refractivity contribution < 1.29 is 4.92 Å². The predicted octanol–water partition coefficient (Wildman–Crippen LogP) is 5.41. The Morgan fingerprint density at radius 3 is 2.53 bits per heavy atom. The second-order valence-electron chi connectivity index (χ2n) is 3.76. The average Bonchev–Trinajstić information content (AvgIpc) is 2.39. The molecule has 0 aromatic heterocycles. The molecule has 19 heavy (non-hydrogen) atoms. The molecule has 0 saturated carbocycles. The van der Waals surface area contributed by atoms with Gasteiger partial charge in [0.1, 0.15) is 0 Å². The van der Waals surface area contributed by atoms with Crippen molar-refractivity contribution in [2.75, 3.05) is 0 Å². The number of nitro benzene ring substituents is 1. The zero-order valence-electron chi connectivity index (χ0n) is 9.68. The van der Waals surface area contributed by atoms with Crippen LogP contribution in [0.15, 0.2) is 56.3 Å². The molecule has 0 radical (unpaired) electrons. The maximum Gasteiger partial charge on any atom is 0.283 e. The SMILES string of the molecule is O=[N+]([O-])c1cc(CSc2ccccc2Br)ccc1Br. The third-order valence-corrected chi connectivity index (χ3v) is 5.21. The fourth-order valence-electron chi connectivity index (χ4n) is 1.51. The standard InChI is InChI=1S/C13H9Br2NO2S/c14-10-6-5-9(7-12(10)16(17)18)8-19-13-4-2-1-3-11(13)15/h1-7H,8H2. The van der Waals surface area contributed by atoms with Crippen molar-refractivity contribution in [1.29, 1.82) is 0 Å². The van der Waals surface area contributed by atoms with E-state index in [-0.39, 0.29) is 10.6 Å². The maximum atomic E-state index is 10.9. The van der Waals surface area contributed by atoms with E-state index in [2.05, 4.69) is 31.9 Å². The number of thioether (sulfide) groups is 1. The topological polar surface area (TPSA) is 43.1 Å². The van der Waals surface area contributed by atoms with E-state index in [0.29, 0.717) is 10.2 Å². The Labute approximate surface area is 131 Å². The largest absolute Gasteiger partial charge is 0.283 e. The smallest absolute Gasteiger partial charge is 0.258 e. The highest BCUT2D eigenvalue weighted by Gasteiger charge is 2.12. The maximum absolute atomic E-state index is 10.9. The predicted molar refractivity (Wildman–Crippen MR) is 84.5 cm³/mol. The molecule has 2 aromatic carbocycles. The molecule has 0 saturated heterocycles. The van der Waals surface area contributed by atoms with Crippen molar-refractivity contribution in [2.45, 2.75) is 10.6 Å². The number of benzene rings is 2. The Kier molecular flexibility index (Phi) is 5.01. The second-order valence-corrected chi connectivity index (χ2v) is 6.49. The van der Waals surface area contributed by atoms with Gasteiger partial charge in [0, 0.05) is 21.2 Å². The lowest BCUT2D eigenvalue weighted by Crippen LogP contribution is -1.91. The van der Waals surface area contributed by atoms with Gasteiger partial charge in [-0.3, -0.25) is 10.1 Å². The molecule has 0 aliphatic rings. The van der Waals surface area contributed by atoms with Crippen LogP contribution in [0, 0.1) is 10.1 Å². The van der Waals surface area contributed by atoms with E-state index in [0.717, 1.165) is 14.9 Å². The fourth-order valence-corrected chi connectivity index (χ4v) is 3.41. The number of nitro groups is 1. The minimum absolute atomic E-state index is 0.102. The van der Waals surface area contributed by atoms with Crippen LogP contribution in [-0.4, -0.2) is 4.92 Å². The molecule has 0 amide bonds. The Bertz CT molecular complexity index is 619. The molecule has 0 aliphatic heterocycles. The van der Waals surface area contributed by atoms with Crippen molar-refractivity contribution >= 4 is 49.3 Å². The summed E-state index contributed by atoms with van der Waals surface area (Å²) in [5.74, 6) is 0.691. The van der Waals surface area contributed by atoms with Crippen LogP contribution in [0.2, 0.25) is 0 Å². The Morgan fingerprint density at radius 2 is 1.84 bits per heavy atom. The molecule has 6 heteroatoms. The first kappa shape index (κ1) is 14.6. The van der Waals surface area contributed by atoms with Gasteiger partial charge in [-0.25, -0.2) is 0 Å². The first-order chi connectivity index (χ1) is 9.08. The minimum atomic E-state index is -0.378. The molecule has 0 N–H and O–H groups in total. The van der Waals surface area contributed by atoms with Gasteiger partial charge in [0.25, 0.3) is 5.69 Å². The highest BCUT2D eigenvalue weighted by molar-refractivity contribution is 9.10. The summed E-state index contributed by atoms with van der Waals surface area (Å²) < 4.78 is 1.54. The van der Waals surface area contributed by atoms with Crippen LogP contribution in [-0.2, 0) is 5.75 Å². The van der Waals surface area contributed by atoms with Crippen LogP contribution in [0.1, 0.15) is 5.56 Å². The number of rotatable bonds is 4. The molecule has 0 spiro atoms. The third-order valence-electron chi connectivity index (χ3n) is 2.44. The summed E-state index contributed by atoms with van der Waals surface area (Å²) in [6, 6.07) is 13.1. The van der Waals surface area contributed by atoms with Gasteiger partial charge in [0.15, 0.2) is 0 Å². The summed E-state index contributed by atoms with van der Waals surface area (Å²) in [6.07, 6.45) is 0. The zero-order chi connectivity index (χ0) is 13.8. The van der Waals surface area contributed by atoms with Gasteiger partial charge in [-0.15, -0.1) is 11.8 Å². The molecule has 0 atom stereocenters. The summed E-state index contributed by atoms with van der Waals surface area (Å²) >= 11 is 8.31. The van der Waals surface area contributed by atoms with E-state index in [1.807, 2.05) is 30.3 Å². The molecular weight excluding hydrogens is 394 g/mol. The molecule has 2 aromatic rings. The highest BCUT2D eigenvalue weighted by Crippen LogP contribution is 2.32. The lowest BCUT2D eigenvalue weighted by atomic mass is 10.2. The van der Waals surface area contributed by atoms with Crippen molar-refractivity contribution in [3.8, 4) is 0 Å². The first-order valence-electron chi connectivity index (χ1n) is 5.38. The summed E-state index contributed by atoms with van der Waals surface area (Å²) in [6.45, 7) is 0. The number of hydrogen-bond acceptors (Lipinski definition) is 3. The summed E-state index contributed by atoms with van der Waals surface area (Å²) in [7, 11) is 0. The van der Waals surface area contributed by atoms with E-state index < -0.39 is 0 Å². The van der Waals surface area contributed by atoms with Crippen LogP contribution in [0.5, 0.6) is 0 Å². The van der Waals surface area contributed by atoms with E-state index in [4.69, 9.17) is 0 Å². The molecule has 0 aliphatic carbocycles. The quantitative estimate of drug-likeness (QED) is 0.390. The van der Waals surface area contributed by atoms with Gasteiger partial charge in [0.05, 0.1) is 9.40 Å². The Hall–Kier alpha value is -0.850. The van der Waals surface area contributed by atoms with Crippen LogP contribution < -0.4 is 0 Å². The zero-order valence-corrected chi connectivity index (χ0v) is 13.7. The molecule has 0 fully saturated rings. The third kappa shape index (κ3) is 3.81. The van der Waals surface area contributed by atoms with Gasteiger partial charge in [-0.2, -0.15) is 0 Å². The van der Waals surface area contributed by atoms with Crippen LogP contribution in [0.3, 0.4) is 0 Å². The molecule has 0 heterocycles. The molecule has 3 nitrogen and oxygen atoms in total. The molecule has 0 bridgehead atoms. The summed E-state index contributed by atoms with van der Waals surface area (Å²) in [4.78, 5) is 11.6. The molecule has 98 valence electrons. The van der Waals surface area contributed by atoms with Crippen molar-refractivity contribution in [2.24, 2.45) is 0 Å². The van der Waals surface area contributed by atoms with Crippen molar-refractivity contribution in [3.05, 3.63) is 67.1 Å². The minimum Gasteiger partial charge on any atom is -0.258 e. The Morgan fingerprint density at radius 1 is 1.11 bits per heavy atom. The lowest BCUT2D eigenvalue weighted by Gasteiger charge is -2.05. The van der Waals surface area contributed by atoms with E-state index in [9.17, 15) is 10.1 Å². The van der Waals surface area contributed by atoms with E-state index in [1.165, 1.54) is 0 Å². The highest BCUT2D eigenvalue weighted by atomic mass is 79.9. The van der Waals surface area contributed by atoms with E-state index in [1.54, 1.807) is 23.9 Å². The van der Waals surface area contributed by atoms with Crippen molar-refractivity contribution in [1.82, 2.24) is 0 Å². The fraction of sp³-hybridized carbons (Fsp3) is 0.0769. The van der Waals surface area contributed by atoms with Gasteiger partial charge in [-0.05, 0) is 55.6 Å². The number of nitrogens with zero attached hydrogens (tertiary/aromatic N) is 1. The number of hydrogen-bond donors (Lipinski definition) is 0. The van der Waals surface area contributed by atoms with Gasteiger partial charge in [-0.1, -0.05) is 18.2 Å². The lowest BCUT2D eigenvalue weighted by molar-refractivity contribution is -0.385. The monoisotopic (exact) mass is 401 g/mol. The molecular formula is C13H9Br2NO2S. The summed E-state index contributed by atoms with van der Waals surface area (Å²) in [5.41, 5.74) is 1.03. The number of halogens is 2. The van der Waals surface area contributed by atoms with Gasteiger partial charge < -0.3 is 0 Å². The molecule has 0 unspecified atom stereocenters. The second kappa shape index (κ2) is 6.54. The van der Waals surface area contributed by atoms with Crippen molar-refractivity contribution in [3.63, 3.8) is 0 Å².